The molecule has 0 atom stereocenters. The Morgan fingerprint density at radius 2 is 0.833 bits per heavy atom. The molecule has 0 unspecified atom stereocenters. The molecule has 6 heteroatoms. The SMILES string of the molecule is OCCc1ccc2cc(OCCOCCOCCOc3ccc4cc(CCO)ccc4c3)ccc2c1. The van der Waals surface area contributed by atoms with E-state index < -0.39 is 0 Å². The van der Waals surface area contributed by atoms with Crippen molar-refractivity contribution in [2.45, 2.75) is 12.8 Å². The first-order valence-corrected chi connectivity index (χ1v) is 12.4. The van der Waals surface area contributed by atoms with Crippen LogP contribution in [0, 0.1) is 0 Å². The van der Waals surface area contributed by atoms with E-state index in [-0.39, 0.29) is 13.2 Å². The predicted octanol–water partition coefficient (Wildman–Crippen LogP) is 4.55. The van der Waals surface area contributed by atoms with Gasteiger partial charge in [-0.05, 0) is 69.8 Å². The molecule has 36 heavy (non-hydrogen) atoms. The highest BCUT2D eigenvalue weighted by molar-refractivity contribution is 5.85. The summed E-state index contributed by atoms with van der Waals surface area (Å²) in [6.45, 7) is 3.24. The first-order valence-electron chi connectivity index (χ1n) is 12.4. The lowest BCUT2D eigenvalue weighted by Crippen LogP contribution is -2.13. The van der Waals surface area contributed by atoms with Crippen LogP contribution in [-0.2, 0) is 22.3 Å². The molecule has 4 aromatic rings. The molecule has 0 spiro atoms. The molecule has 0 aliphatic rings. The Bertz CT molecular complexity index is 1140. The fraction of sp³-hybridized carbons (Fsp3) is 0.333. The Balaban J connectivity index is 1.06. The van der Waals surface area contributed by atoms with Crippen LogP contribution in [0.1, 0.15) is 11.1 Å². The number of benzene rings is 4. The number of aliphatic hydroxyl groups excluding tert-OH is 2. The summed E-state index contributed by atoms with van der Waals surface area (Å²) in [5, 5.41) is 22.7. The number of hydrogen-bond donors (Lipinski definition) is 2. The molecule has 0 bridgehead atoms. The number of hydrogen-bond acceptors (Lipinski definition) is 6. The minimum atomic E-state index is 0.158. The zero-order valence-electron chi connectivity index (χ0n) is 20.5. The highest BCUT2D eigenvalue weighted by atomic mass is 16.6. The minimum Gasteiger partial charge on any atom is -0.491 e. The van der Waals surface area contributed by atoms with Gasteiger partial charge < -0.3 is 29.2 Å². The van der Waals surface area contributed by atoms with Crippen molar-refractivity contribution in [1.29, 1.82) is 0 Å². The first-order chi connectivity index (χ1) is 17.7. The van der Waals surface area contributed by atoms with Gasteiger partial charge in [0.25, 0.3) is 0 Å². The molecule has 0 heterocycles. The third-order valence-electron chi connectivity index (χ3n) is 5.92. The minimum absolute atomic E-state index is 0.158. The molecule has 4 rings (SSSR count). The van der Waals surface area contributed by atoms with E-state index in [2.05, 4.69) is 24.3 Å². The van der Waals surface area contributed by atoms with Gasteiger partial charge in [0.2, 0.25) is 0 Å². The normalized spacial score (nSPS) is 11.3. The van der Waals surface area contributed by atoms with Crippen molar-refractivity contribution in [3.8, 4) is 11.5 Å². The molecule has 2 N–H and O–H groups in total. The predicted molar refractivity (Wildman–Crippen MR) is 142 cm³/mol. The molecule has 0 saturated heterocycles. The van der Waals surface area contributed by atoms with E-state index in [0.717, 1.165) is 44.2 Å². The lowest BCUT2D eigenvalue weighted by molar-refractivity contribution is 0.0274. The number of rotatable bonds is 15. The molecule has 0 saturated carbocycles. The topological polar surface area (TPSA) is 77.4 Å². The van der Waals surface area contributed by atoms with Crippen molar-refractivity contribution >= 4 is 21.5 Å². The summed E-state index contributed by atoms with van der Waals surface area (Å²) in [6.07, 6.45) is 1.33. The molecule has 0 radical (unpaired) electrons. The zero-order valence-corrected chi connectivity index (χ0v) is 20.5. The number of ether oxygens (including phenoxy) is 4. The summed E-state index contributed by atoms with van der Waals surface area (Å²) < 4.78 is 22.8. The maximum Gasteiger partial charge on any atom is 0.120 e. The zero-order chi connectivity index (χ0) is 25.0. The van der Waals surface area contributed by atoms with Gasteiger partial charge in [-0.2, -0.15) is 0 Å². The number of fused-ring (bicyclic) bond motifs is 2. The summed E-state index contributed by atoms with van der Waals surface area (Å²) in [5.41, 5.74) is 2.26. The Labute approximate surface area is 212 Å². The van der Waals surface area contributed by atoms with Gasteiger partial charge in [-0.15, -0.1) is 0 Å². The van der Waals surface area contributed by atoms with Crippen molar-refractivity contribution in [2.75, 3.05) is 52.9 Å². The molecule has 0 aliphatic heterocycles. The number of aliphatic hydroxyl groups is 2. The second-order valence-corrected chi connectivity index (χ2v) is 8.56. The van der Waals surface area contributed by atoms with Gasteiger partial charge in [0.15, 0.2) is 0 Å². The second-order valence-electron chi connectivity index (χ2n) is 8.56. The van der Waals surface area contributed by atoms with E-state index in [1.165, 1.54) is 0 Å². The first kappa shape index (κ1) is 25.9. The summed E-state index contributed by atoms with van der Waals surface area (Å²) in [4.78, 5) is 0. The molecule has 0 fully saturated rings. The van der Waals surface area contributed by atoms with Crippen molar-refractivity contribution in [3.05, 3.63) is 83.9 Å². The molecular formula is C30H34O6. The van der Waals surface area contributed by atoms with E-state index in [9.17, 15) is 0 Å². The lowest BCUT2D eigenvalue weighted by Gasteiger charge is -2.10. The maximum absolute atomic E-state index is 9.09. The largest absolute Gasteiger partial charge is 0.491 e. The average molecular weight is 491 g/mol. The molecule has 6 nitrogen and oxygen atoms in total. The maximum atomic E-state index is 9.09. The van der Waals surface area contributed by atoms with Crippen LogP contribution >= 0.6 is 0 Å². The summed E-state index contributed by atoms with van der Waals surface area (Å²) >= 11 is 0. The van der Waals surface area contributed by atoms with Gasteiger partial charge in [0.1, 0.15) is 24.7 Å². The summed E-state index contributed by atoms with van der Waals surface area (Å²) in [5.74, 6) is 1.63. The van der Waals surface area contributed by atoms with Crippen LogP contribution in [0.4, 0.5) is 0 Å². The monoisotopic (exact) mass is 490 g/mol. The smallest absolute Gasteiger partial charge is 0.120 e. The quantitative estimate of drug-likeness (QED) is 0.238. The van der Waals surface area contributed by atoms with E-state index in [1.54, 1.807) is 0 Å². The molecule has 0 amide bonds. The van der Waals surface area contributed by atoms with Gasteiger partial charge in [-0.1, -0.05) is 48.5 Å². The second kappa shape index (κ2) is 13.8. The van der Waals surface area contributed by atoms with E-state index in [1.807, 2.05) is 48.5 Å². The van der Waals surface area contributed by atoms with Crippen molar-refractivity contribution in [1.82, 2.24) is 0 Å². The third kappa shape index (κ3) is 7.67. The molecule has 190 valence electrons. The lowest BCUT2D eigenvalue weighted by atomic mass is 10.1. The fourth-order valence-electron chi connectivity index (χ4n) is 4.05. The highest BCUT2D eigenvalue weighted by Crippen LogP contribution is 2.23. The van der Waals surface area contributed by atoms with Crippen LogP contribution in [0.2, 0.25) is 0 Å². The van der Waals surface area contributed by atoms with Crippen molar-refractivity contribution in [3.63, 3.8) is 0 Å². The van der Waals surface area contributed by atoms with Crippen molar-refractivity contribution in [2.24, 2.45) is 0 Å². The van der Waals surface area contributed by atoms with Gasteiger partial charge >= 0.3 is 0 Å². The van der Waals surface area contributed by atoms with Gasteiger partial charge in [-0.3, -0.25) is 0 Å². The van der Waals surface area contributed by atoms with Crippen LogP contribution in [-0.4, -0.2) is 63.1 Å². The van der Waals surface area contributed by atoms with Crippen LogP contribution in [0.25, 0.3) is 21.5 Å². The Morgan fingerprint density at radius 1 is 0.444 bits per heavy atom. The van der Waals surface area contributed by atoms with E-state index in [4.69, 9.17) is 29.2 Å². The van der Waals surface area contributed by atoms with E-state index >= 15 is 0 Å². The summed E-state index contributed by atoms with van der Waals surface area (Å²) in [6, 6.07) is 24.4. The van der Waals surface area contributed by atoms with Crippen LogP contribution in [0.15, 0.2) is 72.8 Å². The van der Waals surface area contributed by atoms with Crippen LogP contribution < -0.4 is 9.47 Å². The van der Waals surface area contributed by atoms with Crippen LogP contribution in [0.3, 0.4) is 0 Å². The van der Waals surface area contributed by atoms with Gasteiger partial charge in [-0.25, -0.2) is 0 Å². The molecule has 0 aromatic heterocycles. The Hall–Kier alpha value is -3.16. The molecule has 0 aliphatic carbocycles. The highest BCUT2D eigenvalue weighted by Gasteiger charge is 2.02. The fourth-order valence-corrected chi connectivity index (χ4v) is 4.05. The standard InChI is InChI=1S/C30H34O6/c31-11-9-23-1-3-27-21-29(7-5-25(27)19-23)35-17-15-33-13-14-34-16-18-36-30-8-6-26-20-24(10-12-32)2-4-28(26)22-30/h1-8,19-22,31-32H,9-18H2. The van der Waals surface area contributed by atoms with Gasteiger partial charge in [0, 0.05) is 13.2 Å². The third-order valence-corrected chi connectivity index (χ3v) is 5.92. The van der Waals surface area contributed by atoms with E-state index in [0.29, 0.717) is 52.5 Å². The van der Waals surface area contributed by atoms with Gasteiger partial charge in [0.05, 0.1) is 26.4 Å². The average Bonchev–Trinajstić information content (AvgIpc) is 2.90. The molecule has 4 aromatic carbocycles. The van der Waals surface area contributed by atoms with Crippen LogP contribution in [0.5, 0.6) is 11.5 Å². The molecular weight excluding hydrogens is 456 g/mol. The Morgan fingerprint density at radius 3 is 1.28 bits per heavy atom. The van der Waals surface area contributed by atoms with Crippen molar-refractivity contribution < 1.29 is 29.2 Å². The summed E-state index contributed by atoms with van der Waals surface area (Å²) in [7, 11) is 0. The Kier molecular flexibility index (Phi) is 9.94.